The maximum atomic E-state index is 13.0. The van der Waals surface area contributed by atoms with Crippen LogP contribution in [0, 0.1) is 12.7 Å². The molecule has 0 atom stereocenters. The van der Waals surface area contributed by atoms with E-state index in [2.05, 4.69) is 20.7 Å². The van der Waals surface area contributed by atoms with Crippen molar-refractivity contribution in [1.82, 2.24) is 14.6 Å². The minimum absolute atomic E-state index is 0.0736. The molecule has 0 aliphatic heterocycles. The highest BCUT2D eigenvalue weighted by molar-refractivity contribution is 6.04. The van der Waals surface area contributed by atoms with Crippen LogP contribution in [-0.4, -0.2) is 31.6 Å². The Morgan fingerprint density at radius 2 is 1.87 bits per heavy atom. The van der Waals surface area contributed by atoms with Crippen LogP contribution in [-0.2, 0) is 6.54 Å². The maximum Gasteiger partial charge on any atom is 0.335 e. The Labute approximate surface area is 176 Å². The van der Waals surface area contributed by atoms with Crippen LogP contribution in [0.4, 0.5) is 15.9 Å². The molecule has 31 heavy (non-hydrogen) atoms. The number of halogens is 1. The summed E-state index contributed by atoms with van der Waals surface area (Å²) in [6.07, 6.45) is 1.40. The normalized spacial score (nSPS) is 10.8. The van der Waals surface area contributed by atoms with Gasteiger partial charge in [-0.1, -0.05) is 18.2 Å². The van der Waals surface area contributed by atoms with Gasteiger partial charge in [0.05, 0.1) is 11.8 Å². The SMILES string of the molecule is Cc1ccc(C(=O)O)cc1NC(=O)c1cnc2ccc(NCc3ccc(F)cc3)nn12. The molecule has 0 saturated carbocycles. The summed E-state index contributed by atoms with van der Waals surface area (Å²) in [6.45, 7) is 2.20. The number of fused-ring (bicyclic) bond motifs is 1. The minimum Gasteiger partial charge on any atom is -0.478 e. The minimum atomic E-state index is -1.08. The zero-order valence-corrected chi connectivity index (χ0v) is 16.5. The number of rotatable bonds is 6. The van der Waals surface area contributed by atoms with Gasteiger partial charge in [-0.2, -0.15) is 0 Å². The number of carboxylic acids is 1. The molecule has 0 aliphatic carbocycles. The number of anilines is 2. The Morgan fingerprint density at radius 1 is 1.10 bits per heavy atom. The van der Waals surface area contributed by atoms with Gasteiger partial charge in [-0.25, -0.2) is 18.7 Å². The van der Waals surface area contributed by atoms with Crippen LogP contribution in [0.2, 0.25) is 0 Å². The van der Waals surface area contributed by atoms with Crippen LogP contribution in [0.5, 0.6) is 0 Å². The predicted molar refractivity (Wildman–Crippen MR) is 113 cm³/mol. The lowest BCUT2D eigenvalue weighted by molar-refractivity contribution is 0.0696. The van der Waals surface area contributed by atoms with Crippen LogP contribution < -0.4 is 10.6 Å². The number of imidazole rings is 1. The Morgan fingerprint density at radius 3 is 2.61 bits per heavy atom. The zero-order valence-electron chi connectivity index (χ0n) is 16.5. The summed E-state index contributed by atoms with van der Waals surface area (Å²) in [5.41, 5.74) is 2.74. The van der Waals surface area contributed by atoms with Crippen LogP contribution >= 0.6 is 0 Å². The van der Waals surface area contributed by atoms with Gasteiger partial charge < -0.3 is 15.7 Å². The first-order valence-electron chi connectivity index (χ1n) is 9.39. The molecule has 0 bridgehead atoms. The van der Waals surface area contributed by atoms with Crippen molar-refractivity contribution >= 4 is 29.0 Å². The number of carbonyl (C=O) groups excluding carboxylic acids is 1. The van der Waals surface area contributed by atoms with Crippen LogP contribution in [0.15, 0.2) is 60.8 Å². The maximum absolute atomic E-state index is 13.0. The van der Waals surface area contributed by atoms with E-state index in [1.165, 1.54) is 35.0 Å². The fraction of sp³-hybridized carbons (Fsp3) is 0.0909. The second-order valence-electron chi connectivity index (χ2n) is 6.90. The number of carboxylic acid groups (broad SMARTS) is 1. The smallest absolute Gasteiger partial charge is 0.335 e. The first-order valence-corrected chi connectivity index (χ1v) is 9.39. The van der Waals surface area contributed by atoms with Gasteiger partial charge in [-0.3, -0.25) is 4.79 Å². The van der Waals surface area contributed by atoms with Crippen molar-refractivity contribution in [3.63, 3.8) is 0 Å². The number of hydrogen-bond donors (Lipinski definition) is 3. The molecule has 2 heterocycles. The molecule has 0 fully saturated rings. The van der Waals surface area contributed by atoms with Crippen LogP contribution in [0.25, 0.3) is 5.65 Å². The van der Waals surface area contributed by atoms with Gasteiger partial charge in [0.15, 0.2) is 11.3 Å². The molecule has 1 amide bonds. The quantitative estimate of drug-likeness (QED) is 0.439. The molecule has 0 unspecified atom stereocenters. The van der Waals surface area contributed by atoms with Gasteiger partial charge >= 0.3 is 5.97 Å². The average molecular weight is 419 g/mol. The van der Waals surface area contributed by atoms with E-state index >= 15 is 0 Å². The standard InChI is InChI=1S/C22H18FN5O3/c1-13-2-5-15(22(30)31)10-17(13)26-21(29)18-12-25-20-9-8-19(27-28(18)20)24-11-14-3-6-16(23)7-4-14/h2-10,12H,11H2,1H3,(H,24,27)(H,26,29)(H,30,31). The molecule has 3 N–H and O–H groups in total. The number of hydrogen-bond acceptors (Lipinski definition) is 5. The average Bonchev–Trinajstić information content (AvgIpc) is 3.18. The molecule has 9 heteroatoms. The Hall–Kier alpha value is -4.27. The second-order valence-corrected chi connectivity index (χ2v) is 6.90. The summed E-state index contributed by atoms with van der Waals surface area (Å²) >= 11 is 0. The summed E-state index contributed by atoms with van der Waals surface area (Å²) in [4.78, 5) is 28.2. The zero-order chi connectivity index (χ0) is 22.0. The number of aryl methyl sites for hydroxylation is 1. The summed E-state index contributed by atoms with van der Waals surface area (Å²) in [5.74, 6) is -1.35. The Kier molecular flexibility index (Phi) is 5.31. The van der Waals surface area contributed by atoms with Gasteiger partial charge in [0, 0.05) is 12.2 Å². The molecule has 0 radical (unpaired) electrons. The first-order chi connectivity index (χ1) is 14.9. The number of nitrogens with one attached hydrogen (secondary N) is 2. The molecule has 8 nitrogen and oxygen atoms in total. The van der Waals surface area contributed by atoms with Gasteiger partial charge in [0.1, 0.15) is 11.6 Å². The fourth-order valence-electron chi connectivity index (χ4n) is 2.99. The molecular weight excluding hydrogens is 401 g/mol. The Balaban J connectivity index is 1.56. The molecule has 2 aromatic heterocycles. The van der Waals surface area contributed by atoms with Gasteiger partial charge in [0.2, 0.25) is 0 Å². The van der Waals surface area contributed by atoms with Crippen molar-refractivity contribution in [3.8, 4) is 0 Å². The third-order valence-electron chi connectivity index (χ3n) is 4.71. The molecule has 0 saturated heterocycles. The summed E-state index contributed by atoms with van der Waals surface area (Å²) in [5, 5.41) is 19.4. The van der Waals surface area contributed by atoms with Crippen molar-refractivity contribution in [2.75, 3.05) is 10.6 Å². The molecule has 2 aromatic carbocycles. The van der Waals surface area contributed by atoms with E-state index < -0.39 is 11.9 Å². The van der Waals surface area contributed by atoms with E-state index in [1.807, 2.05) is 0 Å². The van der Waals surface area contributed by atoms with E-state index in [0.29, 0.717) is 23.7 Å². The summed E-state index contributed by atoms with van der Waals surface area (Å²) in [7, 11) is 0. The van der Waals surface area contributed by atoms with E-state index in [-0.39, 0.29) is 17.1 Å². The van der Waals surface area contributed by atoms with E-state index in [1.54, 1.807) is 37.3 Å². The molecule has 4 aromatic rings. The van der Waals surface area contributed by atoms with Crippen molar-refractivity contribution in [2.24, 2.45) is 0 Å². The highest BCUT2D eigenvalue weighted by Crippen LogP contribution is 2.19. The largest absolute Gasteiger partial charge is 0.478 e. The second kappa shape index (κ2) is 8.23. The lowest BCUT2D eigenvalue weighted by Gasteiger charge is -2.10. The highest BCUT2D eigenvalue weighted by Gasteiger charge is 2.16. The van der Waals surface area contributed by atoms with E-state index in [0.717, 1.165) is 11.1 Å². The molecule has 156 valence electrons. The number of nitrogens with zero attached hydrogens (tertiary/aromatic N) is 3. The lowest BCUT2D eigenvalue weighted by Crippen LogP contribution is -2.17. The number of carbonyl (C=O) groups is 2. The van der Waals surface area contributed by atoms with E-state index in [9.17, 15) is 19.1 Å². The monoisotopic (exact) mass is 419 g/mol. The van der Waals surface area contributed by atoms with Crippen molar-refractivity contribution in [1.29, 1.82) is 0 Å². The molecular formula is C22H18FN5O3. The summed E-state index contributed by atoms with van der Waals surface area (Å²) in [6, 6.07) is 14.1. The van der Waals surface area contributed by atoms with Crippen molar-refractivity contribution in [2.45, 2.75) is 13.5 Å². The topological polar surface area (TPSA) is 109 Å². The fourth-order valence-corrected chi connectivity index (χ4v) is 2.99. The molecule has 4 rings (SSSR count). The number of amides is 1. The highest BCUT2D eigenvalue weighted by atomic mass is 19.1. The Bertz CT molecular complexity index is 1280. The predicted octanol–water partition coefficient (Wildman–Crippen LogP) is 3.74. The number of aromatic nitrogens is 3. The van der Waals surface area contributed by atoms with Crippen LogP contribution in [0.1, 0.15) is 32.0 Å². The summed E-state index contributed by atoms with van der Waals surface area (Å²) < 4.78 is 14.4. The molecule has 0 aliphatic rings. The van der Waals surface area contributed by atoms with Gasteiger partial charge in [0.25, 0.3) is 5.91 Å². The lowest BCUT2D eigenvalue weighted by atomic mass is 10.1. The van der Waals surface area contributed by atoms with Gasteiger partial charge in [-0.05, 0) is 54.4 Å². The first kappa shape index (κ1) is 20.0. The third-order valence-corrected chi connectivity index (χ3v) is 4.71. The van der Waals surface area contributed by atoms with Crippen molar-refractivity contribution in [3.05, 3.63) is 89.0 Å². The number of benzene rings is 2. The van der Waals surface area contributed by atoms with Crippen molar-refractivity contribution < 1.29 is 19.1 Å². The number of aromatic carboxylic acids is 1. The van der Waals surface area contributed by atoms with Crippen LogP contribution in [0.3, 0.4) is 0 Å². The van der Waals surface area contributed by atoms with Gasteiger partial charge in [-0.15, -0.1) is 5.10 Å². The van der Waals surface area contributed by atoms with E-state index in [4.69, 9.17) is 0 Å². The molecule has 0 spiro atoms. The third kappa shape index (κ3) is 4.35.